The minimum absolute atomic E-state index is 0.0265. The lowest BCUT2D eigenvalue weighted by molar-refractivity contribution is 0.0969. The molecule has 0 saturated carbocycles. The summed E-state index contributed by atoms with van der Waals surface area (Å²) in [5, 5.41) is 5.09. The molecule has 0 radical (unpaired) electrons. The van der Waals surface area contributed by atoms with Crippen LogP contribution in [0.5, 0.6) is 11.5 Å². The Balaban J connectivity index is 1.45. The maximum Gasteiger partial charge on any atom is 0.296 e. The van der Waals surface area contributed by atoms with E-state index < -0.39 is 11.9 Å². The van der Waals surface area contributed by atoms with Gasteiger partial charge >= 0.3 is 0 Å². The third kappa shape index (κ3) is 3.99. The minimum Gasteiger partial charge on any atom is -0.493 e. The summed E-state index contributed by atoms with van der Waals surface area (Å²) in [5.41, 5.74) is 1.84. The Hall–Kier alpha value is -4.56. The SMILES string of the molecule is COc1cc([C@@H]2c3c(oc4ccccc4c3=O)C(=O)N2c2cc(C)on2)ccc1OCc1ccc(Cl)cc1. The number of hydrogen-bond acceptors (Lipinski definition) is 7. The number of fused-ring (bicyclic) bond motifs is 2. The summed E-state index contributed by atoms with van der Waals surface area (Å²) in [6, 6.07) is 20.3. The molecule has 38 heavy (non-hydrogen) atoms. The van der Waals surface area contributed by atoms with E-state index in [1.54, 1.807) is 67.6 Å². The van der Waals surface area contributed by atoms with Gasteiger partial charge in [-0.1, -0.05) is 47.1 Å². The quantitative estimate of drug-likeness (QED) is 0.263. The zero-order valence-electron chi connectivity index (χ0n) is 20.4. The molecule has 0 N–H and O–H groups in total. The molecule has 6 rings (SSSR count). The Morgan fingerprint density at radius 1 is 1.00 bits per heavy atom. The molecule has 0 saturated heterocycles. The van der Waals surface area contributed by atoms with E-state index in [1.807, 2.05) is 12.1 Å². The number of carbonyl (C=O) groups excluding carboxylic acids is 1. The molecular formula is C29H21ClN2O6. The van der Waals surface area contributed by atoms with Gasteiger partial charge in [0.05, 0.1) is 24.1 Å². The van der Waals surface area contributed by atoms with Gasteiger partial charge in [-0.15, -0.1) is 0 Å². The maximum atomic E-state index is 13.7. The van der Waals surface area contributed by atoms with E-state index in [9.17, 15) is 9.59 Å². The van der Waals surface area contributed by atoms with Crippen molar-refractivity contribution < 1.29 is 23.2 Å². The average Bonchev–Trinajstić information content (AvgIpc) is 3.49. The molecule has 9 heteroatoms. The second-order valence-corrected chi connectivity index (χ2v) is 9.31. The number of para-hydroxylation sites is 1. The van der Waals surface area contributed by atoms with E-state index in [0.717, 1.165) is 5.56 Å². The van der Waals surface area contributed by atoms with Crippen LogP contribution in [0.2, 0.25) is 5.02 Å². The van der Waals surface area contributed by atoms with Crippen LogP contribution < -0.4 is 19.8 Å². The van der Waals surface area contributed by atoms with E-state index >= 15 is 0 Å². The van der Waals surface area contributed by atoms with Crippen molar-refractivity contribution in [1.82, 2.24) is 5.16 Å². The normalized spacial score (nSPS) is 14.7. The van der Waals surface area contributed by atoms with Gasteiger partial charge in [-0.3, -0.25) is 14.5 Å². The summed E-state index contributed by atoms with van der Waals surface area (Å²) < 4.78 is 22.9. The highest BCUT2D eigenvalue weighted by Crippen LogP contribution is 2.43. The van der Waals surface area contributed by atoms with E-state index in [0.29, 0.717) is 45.4 Å². The number of ether oxygens (including phenoxy) is 2. The molecule has 2 aromatic heterocycles. The Bertz CT molecular complexity index is 1740. The summed E-state index contributed by atoms with van der Waals surface area (Å²) in [7, 11) is 1.53. The molecule has 190 valence electrons. The Morgan fingerprint density at radius 2 is 1.79 bits per heavy atom. The van der Waals surface area contributed by atoms with Crippen LogP contribution in [0, 0.1) is 6.92 Å². The first-order chi connectivity index (χ1) is 18.4. The Morgan fingerprint density at radius 3 is 2.53 bits per heavy atom. The van der Waals surface area contributed by atoms with Gasteiger partial charge in [0, 0.05) is 11.1 Å². The Labute approximate surface area is 221 Å². The fraction of sp³-hybridized carbons (Fsp3) is 0.138. The molecule has 0 spiro atoms. The lowest BCUT2D eigenvalue weighted by Gasteiger charge is -2.23. The van der Waals surface area contributed by atoms with Crippen molar-refractivity contribution in [3.8, 4) is 11.5 Å². The van der Waals surface area contributed by atoms with Crippen LogP contribution in [-0.4, -0.2) is 18.2 Å². The van der Waals surface area contributed by atoms with Crippen molar-refractivity contribution >= 4 is 34.3 Å². The number of halogens is 1. The predicted octanol–water partition coefficient (Wildman–Crippen LogP) is 6.08. The third-order valence-corrected chi connectivity index (χ3v) is 6.70. The van der Waals surface area contributed by atoms with Gasteiger partial charge in [0.15, 0.2) is 22.7 Å². The third-order valence-electron chi connectivity index (χ3n) is 6.45. The van der Waals surface area contributed by atoms with E-state index in [-0.39, 0.29) is 22.6 Å². The van der Waals surface area contributed by atoms with Crippen molar-refractivity contribution in [3.63, 3.8) is 0 Å². The zero-order valence-corrected chi connectivity index (χ0v) is 21.2. The summed E-state index contributed by atoms with van der Waals surface area (Å²) in [6.07, 6.45) is 0. The summed E-state index contributed by atoms with van der Waals surface area (Å²) in [6.45, 7) is 2.03. The van der Waals surface area contributed by atoms with Crippen molar-refractivity contribution in [2.75, 3.05) is 12.0 Å². The molecule has 3 aromatic carbocycles. The second kappa shape index (κ2) is 9.39. The molecule has 1 aliphatic rings. The number of methoxy groups -OCH3 is 1. The first kappa shape index (κ1) is 23.8. The average molecular weight is 529 g/mol. The molecule has 1 atom stereocenters. The molecule has 1 amide bonds. The first-order valence-corrected chi connectivity index (χ1v) is 12.2. The van der Waals surface area contributed by atoms with Crippen LogP contribution in [-0.2, 0) is 6.61 Å². The topological polar surface area (TPSA) is 95.0 Å². The highest BCUT2D eigenvalue weighted by molar-refractivity contribution is 6.30. The number of aromatic nitrogens is 1. The predicted molar refractivity (Wildman–Crippen MR) is 141 cm³/mol. The fourth-order valence-electron chi connectivity index (χ4n) is 4.65. The van der Waals surface area contributed by atoms with Gasteiger partial charge < -0.3 is 18.4 Å². The molecule has 0 unspecified atom stereocenters. The monoisotopic (exact) mass is 528 g/mol. The summed E-state index contributed by atoms with van der Waals surface area (Å²) in [5.74, 6) is 1.23. The van der Waals surface area contributed by atoms with Crippen molar-refractivity contribution in [2.45, 2.75) is 19.6 Å². The van der Waals surface area contributed by atoms with Crippen LogP contribution in [0.1, 0.15) is 39.0 Å². The number of amides is 1. The van der Waals surface area contributed by atoms with Gasteiger partial charge in [0.25, 0.3) is 5.91 Å². The number of hydrogen-bond donors (Lipinski definition) is 0. The molecule has 0 bridgehead atoms. The van der Waals surface area contributed by atoms with Crippen molar-refractivity contribution in [1.29, 1.82) is 0 Å². The van der Waals surface area contributed by atoms with Crippen LogP contribution in [0.4, 0.5) is 5.82 Å². The first-order valence-electron chi connectivity index (χ1n) is 11.8. The molecule has 8 nitrogen and oxygen atoms in total. The Kier molecular flexibility index (Phi) is 5.88. The fourth-order valence-corrected chi connectivity index (χ4v) is 4.78. The number of anilines is 1. The summed E-state index contributed by atoms with van der Waals surface area (Å²) in [4.78, 5) is 28.7. The van der Waals surface area contributed by atoms with Crippen LogP contribution in [0.15, 0.2) is 86.5 Å². The maximum absolute atomic E-state index is 13.7. The number of nitrogens with zero attached hydrogens (tertiary/aromatic N) is 2. The molecule has 5 aromatic rings. The van der Waals surface area contributed by atoms with E-state index in [1.165, 1.54) is 12.0 Å². The molecule has 0 fully saturated rings. The highest BCUT2D eigenvalue weighted by Gasteiger charge is 2.45. The zero-order chi connectivity index (χ0) is 26.4. The van der Waals surface area contributed by atoms with Crippen LogP contribution in [0.25, 0.3) is 11.0 Å². The number of carbonyl (C=O) groups is 1. The molecule has 1 aliphatic heterocycles. The van der Waals surface area contributed by atoms with Gasteiger partial charge in [-0.25, -0.2) is 0 Å². The molecule has 0 aliphatic carbocycles. The lowest BCUT2D eigenvalue weighted by atomic mass is 9.98. The minimum atomic E-state index is -0.818. The highest BCUT2D eigenvalue weighted by atomic mass is 35.5. The standard InChI is InChI=1S/C29H21ClN2O6/c1-16-13-24(31-38-16)32-26(25-27(33)20-5-3-4-6-21(20)37-28(25)29(32)34)18-9-12-22(23(14-18)35-2)36-15-17-7-10-19(30)11-8-17/h3-14,26H,15H2,1-2H3/t26-/m1/s1. The van der Waals surface area contributed by atoms with E-state index in [4.69, 9.17) is 30.0 Å². The number of rotatable bonds is 6. The lowest BCUT2D eigenvalue weighted by Crippen LogP contribution is -2.29. The van der Waals surface area contributed by atoms with Crippen molar-refractivity contribution in [2.24, 2.45) is 0 Å². The van der Waals surface area contributed by atoms with Crippen molar-refractivity contribution in [3.05, 3.63) is 116 Å². The summed E-state index contributed by atoms with van der Waals surface area (Å²) >= 11 is 5.97. The smallest absolute Gasteiger partial charge is 0.296 e. The van der Waals surface area contributed by atoms with Gasteiger partial charge in [0.1, 0.15) is 18.0 Å². The van der Waals surface area contributed by atoms with Gasteiger partial charge in [-0.2, -0.15) is 0 Å². The van der Waals surface area contributed by atoms with Crippen LogP contribution in [0.3, 0.4) is 0 Å². The van der Waals surface area contributed by atoms with Crippen LogP contribution >= 0.6 is 11.6 Å². The largest absolute Gasteiger partial charge is 0.493 e. The second-order valence-electron chi connectivity index (χ2n) is 8.87. The number of benzene rings is 3. The number of aryl methyl sites for hydroxylation is 1. The molecule has 3 heterocycles. The van der Waals surface area contributed by atoms with Gasteiger partial charge in [-0.05, 0) is 54.4 Å². The van der Waals surface area contributed by atoms with E-state index in [2.05, 4.69) is 5.16 Å². The van der Waals surface area contributed by atoms with Gasteiger partial charge in [0.2, 0.25) is 5.76 Å². The molecular weight excluding hydrogens is 508 g/mol.